The smallest absolute Gasteiger partial charge is 0.419 e. The van der Waals surface area contributed by atoms with Gasteiger partial charge >= 0.3 is 6.09 Å². The summed E-state index contributed by atoms with van der Waals surface area (Å²) >= 11 is 0. The molecule has 0 N–H and O–H groups in total. The molecule has 5 rings (SSSR count). The molecule has 3 aliphatic rings. The van der Waals surface area contributed by atoms with Crippen LogP contribution in [0.2, 0.25) is 0 Å². The van der Waals surface area contributed by atoms with Gasteiger partial charge in [-0.15, -0.1) is 0 Å². The van der Waals surface area contributed by atoms with Crippen LogP contribution in [0.15, 0.2) is 24.3 Å². The molecule has 29 heavy (non-hydrogen) atoms. The monoisotopic (exact) mass is 394 g/mol. The number of nitrogens with zero attached hydrogens (tertiary/aromatic N) is 2. The van der Waals surface area contributed by atoms with Crippen LogP contribution in [0.5, 0.6) is 0 Å². The molecule has 0 bridgehead atoms. The fraction of sp³-hybridized carbons (Fsp3) is 0.583. The molecule has 0 radical (unpaired) electrons. The van der Waals surface area contributed by atoms with E-state index in [-0.39, 0.29) is 18.1 Å². The molecule has 0 amide bonds. The summed E-state index contributed by atoms with van der Waals surface area (Å²) in [7, 11) is 0. The second-order valence-corrected chi connectivity index (χ2v) is 9.81. The number of benzene rings is 1. The van der Waals surface area contributed by atoms with E-state index < -0.39 is 5.60 Å². The third kappa shape index (κ3) is 3.02. The molecular formula is C24H30N2O3. The summed E-state index contributed by atoms with van der Waals surface area (Å²) < 4.78 is 7.64. The van der Waals surface area contributed by atoms with Crippen LogP contribution in [0.1, 0.15) is 70.2 Å². The first kappa shape index (κ1) is 18.9. The molecule has 1 aliphatic carbocycles. The number of hydrogen-bond donors (Lipinski definition) is 0. The molecule has 3 atom stereocenters. The van der Waals surface area contributed by atoms with Crippen molar-refractivity contribution in [1.82, 2.24) is 9.47 Å². The van der Waals surface area contributed by atoms with Crippen molar-refractivity contribution in [2.45, 2.75) is 77.0 Å². The van der Waals surface area contributed by atoms with Gasteiger partial charge in [-0.25, -0.2) is 9.36 Å². The van der Waals surface area contributed by atoms with Gasteiger partial charge in [-0.05, 0) is 64.5 Å². The molecule has 1 saturated heterocycles. The fourth-order valence-corrected chi connectivity index (χ4v) is 5.87. The highest BCUT2D eigenvalue weighted by atomic mass is 16.6. The maximum atomic E-state index is 13.3. The summed E-state index contributed by atoms with van der Waals surface area (Å²) in [6, 6.07) is 8.70. The Morgan fingerprint density at radius 2 is 1.90 bits per heavy atom. The van der Waals surface area contributed by atoms with Gasteiger partial charge in [0, 0.05) is 30.3 Å². The Labute approximate surface area is 172 Å². The number of carbonyl (C=O) groups excluding carboxylic acids is 2. The number of Topliss-reactive ketones (excluding diaryl/α,β-unsaturated/α-hetero) is 1. The van der Waals surface area contributed by atoms with E-state index in [0.29, 0.717) is 11.8 Å². The van der Waals surface area contributed by atoms with Crippen LogP contribution < -0.4 is 0 Å². The number of aromatic nitrogens is 1. The van der Waals surface area contributed by atoms with Crippen LogP contribution in [0.25, 0.3) is 10.9 Å². The summed E-state index contributed by atoms with van der Waals surface area (Å²) in [6.45, 7) is 6.70. The molecule has 2 fully saturated rings. The van der Waals surface area contributed by atoms with E-state index in [4.69, 9.17) is 4.74 Å². The molecule has 5 heteroatoms. The van der Waals surface area contributed by atoms with E-state index in [1.165, 1.54) is 5.56 Å². The highest BCUT2D eigenvalue weighted by molar-refractivity contribution is 5.94. The van der Waals surface area contributed by atoms with E-state index in [0.717, 1.165) is 61.7 Å². The van der Waals surface area contributed by atoms with E-state index in [1.54, 1.807) is 0 Å². The first-order chi connectivity index (χ1) is 13.8. The molecule has 0 spiro atoms. The van der Waals surface area contributed by atoms with Gasteiger partial charge in [0.1, 0.15) is 11.4 Å². The number of piperidine rings is 1. The quantitative estimate of drug-likeness (QED) is 0.641. The molecule has 2 aromatic rings. The lowest BCUT2D eigenvalue weighted by Crippen LogP contribution is -2.53. The second-order valence-electron chi connectivity index (χ2n) is 9.81. The zero-order valence-corrected chi connectivity index (χ0v) is 17.6. The van der Waals surface area contributed by atoms with Crippen molar-refractivity contribution in [3.05, 3.63) is 35.5 Å². The summed E-state index contributed by atoms with van der Waals surface area (Å²) in [5.74, 6) is 0.624. The Morgan fingerprint density at radius 1 is 1.10 bits per heavy atom. The van der Waals surface area contributed by atoms with Crippen LogP contribution >= 0.6 is 0 Å². The van der Waals surface area contributed by atoms with Crippen molar-refractivity contribution >= 4 is 22.8 Å². The minimum atomic E-state index is -0.545. The standard InChI is InChI=1S/C24H30N2O3/c1-24(2,3)29-23(28)26-19-8-5-4-7-15(19)16-13-14-25-18-9-6-10-21(27)17(18)11-12-20(25)22(16)26/h4-5,7-8,17-18,20H,6,9-14H2,1-3H3/t17-,18+,20+/m0/s1. The number of rotatable bonds is 0. The number of fused-ring (bicyclic) bond motifs is 7. The Balaban J connectivity index is 1.63. The van der Waals surface area contributed by atoms with Crippen LogP contribution in [-0.4, -0.2) is 39.5 Å². The van der Waals surface area contributed by atoms with Gasteiger partial charge < -0.3 is 4.74 Å². The van der Waals surface area contributed by atoms with Crippen LogP contribution in [0.3, 0.4) is 0 Å². The molecule has 0 unspecified atom stereocenters. The third-order valence-corrected chi connectivity index (χ3v) is 6.91. The third-order valence-electron chi connectivity index (χ3n) is 6.91. The molecular weight excluding hydrogens is 364 g/mol. The second kappa shape index (κ2) is 6.69. The van der Waals surface area contributed by atoms with E-state index in [1.807, 2.05) is 43.5 Å². The average Bonchev–Trinajstić information content (AvgIpc) is 3.01. The molecule has 5 nitrogen and oxygen atoms in total. The van der Waals surface area contributed by atoms with Crippen molar-refractivity contribution in [3.8, 4) is 0 Å². The van der Waals surface area contributed by atoms with Crippen LogP contribution in [0, 0.1) is 5.92 Å². The normalized spacial score (nSPS) is 27.3. The predicted octanol–water partition coefficient (Wildman–Crippen LogP) is 4.86. The lowest BCUT2D eigenvalue weighted by Gasteiger charge is -2.50. The first-order valence-corrected chi connectivity index (χ1v) is 11.0. The average molecular weight is 395 g/mol. The lowest BCUT2D eigenvalue weighted by atomic mass is 9.73. The van der Waals surface area contributed by atoms with E-state index in [9.17, 15) is 9.59 Å². The minimum absolute atomic E-state index is 0.181. The Morgan fingerprint density at radius 3 is 2.69 bits per heavy atom. The zero-order chi connectivity index (χ0) is 20.3. The highest BCUT2D eigenvalue weighted by Crippen LogP contribution is 2.47. The molecule has 1 aromatic heterocycles. The highest BCUT2D eigenvalue weighted by Gasteiger charge is 2.46. The number of para-hydroxylation sites is 1. The van der Waals surface area contributed by atoms with Crippen molar-refractivity contribution < 1.29 is 14.3 Å². The Bertz CT molecular complexity index is 984. The Hall–Kier alpha value is -2.14. The van der Waals surface area contributed by atoms with Gasteiger partial charge in [0.15, 0.2) is 0 Å². The number of ether oxygens (including phenoxy) is 1. The number of hydrogen-bond acceptors (Lipinski definition) is 4. The maximum Gasteiger partial charge on any atom is 0.419 e. The maximum absolute atomic E-state index is 13.3. The van der Waals surface area contributed by atoms with Crippen molar-refractivity contribution in [2.75, 3.05) is 6.54 Å². The number of carbonyl (C=O) groups is 2. The van der Waals surface area contributed by atoms with Crippen LogP contribution in [0.4, 0.5) is 4.79 Å². The van der Waals surface area contributed by atoms with E-state index >= 15 is 0 Å². The van der Waals surface area contributed by atoms with Crippen molar-refractivity contribution in [1.29, 1.82) is 0 Å². The van der Waals surface area contributed by atoms with Gasteiger partial charge in [0.2, 0.25) is 0 Å². The topological polar surface area (TPSA) is 51.5 Å². The molecule has 1 saturated carbocycles. The molecule has 2 aliphatic heterocycles. The molecule has 1 aromatic carbocycles. The predicted molar refractivity (Wildman–Crippen MR) is 112 cm³/mol. The summed E-state index contributed by atoms with van der Waals surface area (Å²) in [5, 5.41) is 1.16. The summed E-state index contributed by atoms with van der Waals surface area (Å²) in [4.78, 5) is 28.3. The van der Waals surface area contributed by atoms with Gasteiger partial charge in [-0.2, -0.15) is 0 Å². The lowest BCUT2D eigenvalue weighted by molar-refractivity contribution is -0.131. The SMILES string of the molecule is CC(C)(C)OC(=O)n1c2c(c3ccccc31)CCN1[C@@H]2CC[C@@H]2C(=O)CCC[C@H]21. The van der Waals surface area contributed by atoms with Gasteiger partial charge in [0.25, 0.3) is 0 Å². The van der Waals surface area contributed by atoms with Crippen molar-refractivity contribution in [2.24, 2.45) is 5.92 Å². The molecule has 154 valence electrons. The Kier molecular flexibility index (Phi) is 4.35. The van der Waals surface area contributed by atoms with Gasteiger partial charge in [-0.1, -0.05) is 18.2 Å². The van der Waals surface area contributed by atoms with Crippen molar-refractivity contribution in [3.63, 3.8) is 0 Å². The minimum Gasteiger partial charge on any atom is -0.443 e. The zero-order valence-electron chi connectivity index (χ0n) is 17.6. The fourth-order valence-electron chi connectivity index (χ4n) is 5.87. The number of ketones is 1. The first-order valence-electron chi connectivity index (χ1n) is 11.0. The van der Waals surface area contributed by atoms with Gasteiger partial charge in [-0.3, -0.25) is 9.69 Å². The molecule has 3 heterocycles. The van der Waals surface area contributed by atoms with E-state index in [2.05, 4.69) is 11.0 Å². The largest absolute Gasteiger partial charge is 0.443 e. The summed E-state index contributed by atoms with van der Waals surface area (Å²) in [6.07, 6.45) is 5.31. The van der Waals surface area contributed by atoms with Crippen LogP contribution in [-0.2, 0) is 16.0 Å². The summed E-state index contributed by atoms with van der Waals surface area (Å²) in [5.41, 5.74) is 2.78. The van der Waals surface area contributed by atoms with Gasteiger partial charge in [0.05, 0.1) is 17.3 Å².